The maximum absolute atomic E-state index is 12.0. The van der Waals surface area contributed by atoms with Gasteiger partial charge >= 0.3 is 6.03 Å². The van der Waals surface area contributed by atoms with Crippen LogP contribution in [0.2, 0.25) is 0 Å². The maximum Gasteiger partial charge on any atom is 0.319 e. The normalized spacial score (nSPS) is 17.0. The SMILES string of the molecule is C=CCNC(=O)Nc1ccc(NC(=O)C2CCNC2)cc1. The number of benzene rings is 1. The maximum atomic E-state index is 12.0. The van der Waals surface area contributed by atoms with Crippen LogP contribution in [0.25, 0.3) is 0 Å². The lowest BCUT2D eigenvalue weighted by Gasteiger charge is -2.11. The van der Waals surface area contributed by atoms with E-state index in [9.17, 15) is 9.59 Å². The molecule has 0 spiro atoms. The first kappa shape index (κ1) is 15.1. The van der Waals surface area contributed by atoms with Gasteiger partial charge in [0.15, 0.2) is 0 Å². The molecule has 0 bridgehead atoms. The van der Waals surface area contributed by atoms with E-state index in [2.05, 4.69) is 27.8 Å². The summed E-state index contributed by atoms with van der Waals surface area (Å²) in [5.74, 6) is 0.0666. The first-order valence-corrected chi connectivity index (χ1v) is 6.96. The molecule has 1 atom stereocenters. The van der Waals surface area contributed by atoms with Gasteiger partial charge in [0.2, 0.25) is 5.91 Å². The predicted molar refractivity (Wildman–Crippen MR) is 83.3 cm³/mol. The first-order chi connectivity index (χ1) is 10.2. The molecule has 112 valence electrons. The predicted octanol–water partition coefficient (Wildman–Crippen LogP) is 1.54. The average Bonchev–Trinajstić information content (AvgIpc) is 3.01. The van der Waals surface area contributed by atoms with E-state index in [-0.39, 0.29) is 17.9 Å². The number of nitrogens with one attached hydrogen (secondary N) is 4. The van der Waals surface area contributed by atoms with E-state index in [1.807, 2.05) is 0 Å². The monoisotopic (exact) mass is 288 g/mol. The Balaban J connectivity index is 1.85. The van der Waals surface area contributed by atoms with E-state index in [1.165, 1.54) is 0 Å². The second kappa shape index (κ2) is 7.44. The lowest BCUT2D eigenvalue weighted by Crippen LogP contribution is -2.28. The number of hydrogen-bond donors (Lipinski definition) is 4. The molecule has 6 nitrogen and oxygen atoms in total. The molecule has 1 aliphatic heterocycles. The Morgan fingerprint density at radius 2 is 1.90 bits per heavy atom. The number of hydrogen-bond acceptors (Lipinski definition) is 3. The van der Waals surface area contributed by atoms with Crippen molar-refractivity contribution in [3.63, 3.8) is 0 Å². The van der Waals surface area contributed by atoms with Crippen LogP contribution in [0.1, 0.15) is 6.42 Å². The second-order valence-corrected chi connectivity index (χ2v) is 4.88. The van der Waals surface area contributed by atoms with Gasteiger partial charge in [-0.1, -0.05) is 6.08 Å². The van der Waals surface area contributed by atoms with E-state index in [4.69, 9.17) is 0 Å². The van der Waals surface area contributed by atoms with Crippen LogP contribution in [-0.4, -0.2) is 31.6 Å². The van der Waals surface area contributed by atoms with Crippen molar-refractivity contribution < 1.29 is 9.59 Å². The molecule has 1 heterocycles. The summed E-state index contributed by atoms with van der Waals surface area (Å²) in [5, 5.41) is 11.4. The molecule has 0 saturated carbocycles. The Kier molecular flexibility index (Phi) is 5.34. The van der Waals surface area contributed by atoms with Crippen molar-refractivity contribution in [1.82, 2.24) is 10.6 Å². The molecule has 0 radical (unpaired) electrons. The van der Waals surface area contributed by atoms with Gasteiger partial charge in [0, 0.05) is 24.5 Å². The summed E-state index contributed by atoms with van der Waals surface area (Å²) in [7, 11) is 0. The Morgan fingerprint density at radius 1 is 1.24 bits per heavy atom. The number of carbonyl (C=O) groups excluding carboxylic acids is 2. The number of amides is 3. The minimum absolute atomic E-state index is 0.0319. The van der Waals surface area contributed by atoms with Gasteiger partial charge in [-0.15, -0.1) is 6.58 Å². The van der Waals surface area contributed by atoms with Crippen LogP contribution in [0.5, 0.6) is 0 Å². The largest absolute Gasteiger partial charge is 0.334 e. The number of anilines is 2. The van der Waals surface area contributed by atoms with Gasteiger partial charge in [-0.25, -0.2) is 4.79 Å². The van der Waals surface area contributed by atoms with E-state index in [0.29, 0.717) is 12.2 Å². The fourth-order valence-electron chi connectivity index (χ4n) is 2.10. The van der Waals surface area contributed by atoms with Crippen molar-refractivity contribution in [2.45, 2.75) is 6.42 Å². The van der Waals surface area contributed by atoms with Crippen molar-refractivity contribution in [3.8, 4) is 0 Å². The third-order valence-electron chi connectivity index (χ3n) is 3.25. The summed E-state index contributed by atoms with van der Waals surface area (Å²) in [4.78, 5) is 23.4. The number of urea groups is 1. The van der Waals surface area contributed by atoms with Gasteiger partial charge in [-0.2, -0.15) is 0 Å². The van der Waals surface area contributed by atoms with Crippen LogP contribution < -0.4 is 21.3 Å². The van der Waals surface area contributed by atoms with Crippen molar-refractivity contribution >= 4 is 23.3 Å². The molecule has 1 aliphatic rings. The molecule has 1 unspecified atom stereocenters. The van der Waals surface area contributed by atoms with Crippen LogP contribution in [-0.2, 0) is 4.79 Å². The smallest absolute Gasteiger partial charge is 0.319 e. The average molecular weight is 288 g/mol. The Hall–Kier alpha value is -2.34. The number of rotatable bonds is 5. The van der Waals surface area contributed by atoms with Crippen LogP contribution in [0.3, 0.4) is 0 Å². The Labute approximate surface area is 124 Å². The minimum Gasteiger partial charge on any atom is -0.334 e. The van der Waals surface area contributed by atoms with E-state index in [0.717, 1.165) is 25.2 Å². The summed E-state index contributed by atoms with van der Waals surface area (Å²) in [6.07, 6.45) is 2.48. The summed E-state index contributed by atoms with van der Waals surface area (Å²) in [6, 6.07) is 6.74. The van der Waals surface area contributed by atoms with Crippen molar-refractivity contribution in [3.05, 3.63) is 36.9 Å². The third kappa shape index (κ3) is 4.61. The van der Waals surface area contributed by atoms with Crippen LogP contribution in [0, 0.1) is 5.92 Å². The summed E-state index contributed by atoms with van der Waals surface area (Å²) in [6.45, 7) is 5.56. The lowest BCUT2D eigenvalue weighted by atomic mass is 10.1. The Bertz CT molecular complexity index is 507. The van der Waals surface area contributed by atoms with Gasteiger partial charge in [-0.3, -0.25) is 4.79 Å². The molecule has 21 heavy (non-hydrogen) atoms. The molecule has 1 aromatic carbocycles. The highest BCUT2D eigenvalue weighted by Gasteiger charge is 2.22. The zero-order valence-corrected chi connectivity index (χ0v) is 11.8. The fourth-order valence-corrected chi connectivity index (χ4v) is 2.10. The molecule has 1 fully saturated rings. The molecule has 1 aromatic rings. The zero-order valence-electron chi connectivity index (χ0n) is 11.8. The van der Waals surface area contributed by atoms with E-state index >= 15 is 0 Å². The second-order valence-electron chi connectivity index (χ2n) is 4.88. The highest BCUT2D eigenvalue weighted by Crippen LogP contribution is 2.16. The van der Waals surface area contributed by atoms with Gasteiger partial charge in [-0.05, 0) is 37.2 Å². The van der Waals surface area contributed by atoms with Gasteiger partial charge in [0.05, 0.1) is 5.92 Å². The molecule has 0 aliphatic carbocycles. The van der Waals surface area contributed by atoms with Gasteiger partial charge in [0.25, 0.3) is 0 Å². The highest BCUT2D eigenvalue weighted by molar-refractivity contribution is 5.93. The topological polar surface area (TPSA) is 82.3 Å². The highest BCUT2D eigenvalue weighted by atomic mass is 16.2. The minimum atomic E-state index is -0.288. The van der Waals surface area contributed by atoms with Crippen molar-refractivity contribution in [2.75, 3.05) is 30.3 Å². The van der Waals surface area contributed by atoms with E-state index in [1.54, 1.807) is 30.3 Å². The van der Waals surface area contributed by atoms with Crippen LogP contribution in [0.15, 0.2) is 36.9 Å². The zero-order chi connectivity index (χ0) is 15.1. The molecule has 4 N–H and O–H groups in total. The molecule has 6 heteroatoms. The van der Waals surface area contributed by atoms with Crippen molar-refractivity contribution in [2.24, 2.45) is 5.92 Å². The lowest BCUT2D eigenvalue weighted by molar-refractivity contribution is -0.119. The summed E-state index contributed by atoms with van der Waals surface area (Å²) < 4.78 is 0. The third-order valence-corrected chi connectivity index (χ3v) is 3.25. The molecular formula is C15H20N4O2. The fraction of sp³-hybridized carbons (Fsp3) is 0.333. The quantitative estimate of drug-likeness (QED) is 0.620. The number of carbonyl (C=O) groups is 2. The molecule has 1 saturated heterocycles. The standard InChI is InChI=1S/C15H20N4O2/c1-2-8-17-15(21)19-13-5-3-12(4-6-13)18-14(20)11-7-9-16-10-11/h2-6,11,16H,1,7-10H2,(H,18,20)(H2,17,19,21). The summed E-state index contributed by atoms with van der Waals surface area (Å²) >= 11 is 0. The van der Waals surface area contributed by atoms with E-state index < -0.39 is 0 Å². The van der Waals surface area contributed by atoms with Gasteiger partial charge < -0.3 is 21.3 Å². The van der Waals surface area contributed by atoms with Gasteiger partial charge in [0.1, 0.15) is 0 Å². The molecule has 3 amide bonds. The molecule has 0 aromatic heterocycles. The van der Waals surface area contributed by atoms with Crippen LogP contribution >= 0.6 is 0 Å². The first-order valence-electron chi connectivity index (χ1n) is 6.96. The molecule has 2 rings (SSSR count). The van der Waals surface area contributed by atoms with Crippen LogP contribution in [0.4, 0.5) is 16.2 Å². The molecular weight excluding hydrogens is 268 g/mol. The summed E-state index contributed by atoms with van der Waals surface area (Å²) in [5.41, 5.74) is 1.39. The van der Waals surface area contributed by atoms with Crippen molar-refractivity contribution in [1.29, 1.82) is 0 Å². The Morgan fingerprint density at radius 3 is 2.48 bits per heavy atom.